The maximum atomic E-state index is 10.9. The van der Waals surface area contributed by atoms with Gasteiger partial charge in [0.1, 0.15) is 0 Å². The van der Waals surface area contributed by atoms with E-state index in [0.717, 1.165) is 0 Å². The standard InChI is InChI=1S/C6H7Cl3N2OS/c1-2-4(12)11-5(10-3-13)6(7,8)9/h5H,2H2,1H3,(H,11,12). The first-order valence-electron chi connectivity index (χ1n) is 3.35. The van der Waals surface area contributed by atoms with E-state index in [9.17, 15) is 4.79 Å². The highest BCUT2D eigenvalue weighted by Gasteiger charge is 2.33. The lowest BCUT2D eigenvalue weighted by Crippen LogP contribution is -2.41. The van der Waals surface area contributed by atoms with Gasteiger partial charge in [-0.25, -0.2) is 4.99 Å². The second kappa shape index (κ2) is 5.78. The number of hydrogen-bond donors (Lipinski definition) is 1. The minimum absolute atomic E-state index is 0.273. The smallest absolute Gasteiger partial charge is 0.231 e. The Morgan fingerprint density at radius 2 is 2.23 bits per heavy atom. The van der Waals surface area contributed by atoms with Gasteiger partial charge in [0.2, 0.25) is 9.70 Å². The lowest BCUT2D eigenvalue weighted by molar-refractivity contribution is -0.121. The molecule has 0 spiro atoms. The van der Waals surface area contributed by atoms with Gasteiger partial charge >= 0.3 is 0 Å². The summed E-state index contributed by atoms with van der Waals surface area (Å²) >= 11 is 20.9. The van der Waals surface area contributed by atoms with Gasteiger partial charge in [-0.3, -0.25) is 4.79 Å². The minimum atomic E-state index is -1.71. The first kappa shape index (κ1) is 13.1. The van der Waals surface area contributed by atoms with Gasteiger partial charge in [0.05, 0.1) is 5.16 Å². The van der Waals surface area contributed by atoms with Crippen LogP contribution in [0.25, 0.3) is 0 Å². The fourth-order valence-corrected chi connectivity index (χ4v) is 0.910. The molecular weight excluding hydrogens is 255 g/mol. The Kier molecular flexibility index (Phi) is 5.85. The van der Waals surface area contributed by atoms with Crippen molar-refractivity contribution in [2.75, 3.05) is 0 Å². The molecule has 0 aromatic rings. The molecule has 0 saturated carbocycles. The normalized spacial score (nSPS) is 12.9. The number of rotatable bonds is 3. The van der Waals surface area contributed by atoms with E-state index in [-0.39, 0.29) is 12.3 Å². The molecule has 0 radical (unpaired) electrons. The quantitative estimate of drug-likeness (QED) is 0.481. The van der Waals surface area contributed by atoms with E-state index in [0.29, 0.717) is 0 Å². The lowest BCUT2D eigenvalue weighted by Gasteiger charge is -2.19. The second-order valence-corrected chi connectivity index (χ2v) is 4.64. The van der Waals surface area contributed by atoms with Gasteiger partial charge < -0.3 is 5.32 Å². The first-order chi connectivity index (χ1) is 5.91. The van der Waals surface area contributed by atoms with Crippen LogP contribution in [0.3, 0.4) is 0 Å². The molecule has 7 heteroatoms. The summed E-state index contributed by atoms with van der Waals surface area (Å²) in [7, 11) is 0. The summed E-state index contributed by atoms with van der Waals surface area (Å²) in [5, 5.41) is 4.42. The molecule has 1 atom stereocenters. The number of isothiocyanates is 1. The van der Waals surface area contributed by atoms with Gasteiger partial charge in [-0.2, -0.15) is 0 Å². The first-order valence-corrected chi connectivity index (χ1v) is 4.89. The largest absolute Gasteiger partial charge is 0.330 e. The molecule has 0 bridgehead atoms. The van der Waals surface area contributed by atoms with Gasteiger partial charge in [0, 0.05) is 6.42 Å². The third-order valence-electron chi connectivity index (χ3n) is 1.11. The molecule has 0 heterocycles. The van der Waals surface area contributed by atoms with Crippen LogP contribution in [0.1, 0.15) is 13.3 Å². The van der Waals surface area contributed by atoms with Gasteiger partial charge in [-0.1, -0.05) is 41.7 Å². The van der Waals surface area contributed by atoms with Crippen molar-refractivity contribution < 1.29 is 4.79 Å². The molecule has 0 aliphatic heterocycles. The highest BCUT2D eigenvalue weighted by Crippen LogP contribution is 2.30. The van der Waals surface area contributed by atoms with Crippen molar-refractivity contribution in [3.63, 3.8) is 0 Å². The average Bonchev–Trinajstić information content (AvgIpc) is 2.01. The fourth-order valence-electron chi connectivity index (χ4n) is 0.495. The molecule has 3 nitrogen and oxygen atoms in total. The summed E-state index contributed by atoms with van der Waals surface area (Å²) in [6.07, 6.45) is -0.702. The maximum Gasteiger partial charge on any atom is 0.231 e. The molecule has 1 N–H and O–H groups in total. The molecular formula is C6H7Cl3N2OS. The van der Waals surface area contributed by atoms with Gasteiger partial charge in [-0.05, 0) is 12.2 Å². The van der Waals surface area contributed by atoms with E-state index >= 15 is 0 Å². The Hall–Kier alpha value is 0.140. The Morgan fingerprint density at radius 3 is 2.54 bits per heavy atom. The molecule has 0 saturated heterocycles. The zero-order chi connectivity index (χ0) is 10.5. The van der Waals surface area contributed by atoms with Crippen molar-refractivity contribution in [1.29, 1.82) is 0 Å². The van der Waals surface area contributed by atoms with Crippen LogP contribution in [0.5, 0.6) is 0 Å². The number of halogens is 3. The summed E-state index contributed by atoms with van der Waals surface area (Å²) in [6, 6.07) is 0. The summed E-state index contributed by atoms with van der Waals surface area (Å²) in [5.74, 6) is -0.273. The van der Waals surface area contributed by atoms with Crippen LogP contribution in [0, 0.1) is 0 Å². The van der Waals surface area contributed by atoms with Crippen LogP contribution in [-0.4, -0.2) is 21.0 Å². The number of aliphatic imine (C=N–C) groups is 1. The molecule has 0 rings (SSSR count). The van der Waals surface area contributed by atoms with Gasteiger partial charge in [0.15, 0.2) is 6.17 Å². The molecule has 0 aromatic carbocycles. The molecule has 74 valence electrons. The zero-order valence-electron chi connectivity index (χ0n) is 6.68. The zero-order valence-corrected chi connectivity index (χ0v) is 9.77. The number of amides is 1. The summed E-state index contributed by atoms with van der Waals surface area (Å²) < 4.78 is -1.71. The van der Waals surface area contributed by atoms with E-state index in [4.69, 9.17) is 34.8 Å². The van der Waals surface area contributed by atoms with Crippen molar-refractivity contribution >= 4 is 58.1 Å². The predicted molar refractivity (Wildman–Crippen MR) is 57.5 cm³/mol. The van der Waals surface area contributed by atoms with E-state index in [1.807, 2.05) is 5.16 Å². The number of carbonyl (C=O) groups excluding carboxylic acids is 1. The van der Waals surface area contributed by atoms with Crippen LogP contribution in [0.4, 0.5) is 0 Å². The van der Waals surface area contributed by atoms with Crippen LogP contribution < -0.4 is 5.32 Å². The molecule has 0 aromatic heterocycles. The Bertz CT molecular complexity index is 235. The average molecular weight is 262 g/mol. The Balaban J connectivity index is 4.45. The molecule has 0 fully saturated rings. The molecule has 13 heavy (non-hydrogen) atoms. The van der Waals surface area contributed by atoms with E-state index < -0.39 is 9.96 Å². The SMILES string of the molecule is CCC(=O)NC(N=C=S)C(Cl)(Cl)Cl. The monoisotopic (exact) mass is 260 g/mol. The fraction of sp³-hybridized carbons (Fsp3) is 0.667. The van der Waals surface area contributed by atoms with Gasteiger partial charge in [-0.15, -0.1) is 0 Å². The summed E-state index contributed by atoms with van der Waals surface area (Å²) in [4.78, 5) is 14.5. The highest BCUT2D eigenvalue weighted by atomic mass is 35.6. The highest BCUT2D eigenvalue weighted by molar-refractivity contribution is 7.78. The lowest BCUT2D eigenvalue weighted by atomic mass is 10.4. The van der Waals surface area contributed by atoms with Gasteiger partial charge in [0.25, 0.3) is 0 Å². The van der Waals surface area contributed by atoms with E-state index in [2.05, 4.69) is 22.5 Å². The predicted octanol–water partition coefficient (Wildman–Crippen LogP) is 2.31. The molecule has 1 unspecified atom stereocenters. The third kappa shape index (κ3) is 5.45. The van der Waals surface area contributed by atoms with Crippen LogP contribution >= 0.6 is 47.0 Å². The molecule has 0 aliphatic carbocycles. The van der Waals surface area contributed by atoms with Crippen LogP contribution in [-0.2, 0) is 4.79 Å². The minimum Gasteiger partial charge on any atom is -0.330 e. The number of alkyl halides is 3. The second-order valence-electron chi connectivity index (χ2n) is 2.09. The molecule has 0 aliphatic rings. The number of hydrogen-bond acceptors (Lipinski definition) is 3. The number of carbonyl (C=O) groups is 1. The number of nitrogens with one attached hydrogen (secondary N) is 1. The topological polar surface area (TPSA) is 41.5 Å². The van der Waals surface area contributed by atoms with Crippen molar-refractivity contribution in [1.82, 2.24) is 5.32 Å². The van der Waals surface area contributed by atoms with Crippen molar-refractivity contribution in [2.45, 2.75) is 23.3 Å². The van der Waals surface area contributed by atoms with Crippen molar-refractivity contribution in [2.24, 2.45) is 4.99 Å². The summed E-state index contributed by atoms with van der Waals surface area (Å²) in [6.45, 7) is 1.67. The number of nitrogens with zero attached hydrogens (tertiary/aromatic N) is 1. The third-order valence-corrected chi connectivity index (χ3v) is 1.84. The Morgan fingerprint density at radius 1 is 1.69 bits per heavy atom. The van der Waals surface area contributed by atoms with Crippen LogP contribution in [0.2, 0.25) is 0 Å². The maximum absolute atomic E-state index is 10.9. The molecule has 1 amide bonds. The Labute approximate surface area is 96.4 Å². The van der Waals surface area contributed by atoms with E-state index in [1.165, 1.54) is 0 Å². The van der Waals surface area contributed by atoms with Crippen molar-refractivity contribution in [3.05, 3.63) is 0 Å². The summed E-state index contributed by atoms with van der Waals surface area (Å²) in [5.41, 5.74) is 0. The van der Waals surface area contributed by atoms with E-state index in [1.54, 1.807) is 6.92 Å². The van der Waals surface area contributed by atoms with Crippen molar-refractivity contribution in [3.8, 4) is 0 Å². The number of thiocarbonyl (C=S) groups is 1. The van der Waals surface area contributed by atoms with Crippen LogP contribution in [0.15, 0.2) is 4.99 Å².